The molecule has 5 aliphatic rings. The smallest absolute Gasteiger partial charge is 0.343 e. The normalized spacial score (nSPS) is 41.3. The van der Waals surface area contributed by atoms with Crippen molar-refractivity contribution >= 4 is 17.9 Å². The van der Waals surface area contributed by atoms with Crippen molar-refractivity contribution in [1.82, 2.24) is 0 Å². The summed E-state index contributed by atoms with van der Waals surface area (Å²) in [4.78, 5) is 37.2. The van der Waals surface area contributed by atoms with Gasteiger partial charge < -0.3 is 28.8 Å². The Morgan fingerprint density at radius 3 is 2.49 bits per heavy atom. The third-order valence-electron chi connectivity index (χ3n) is 10.8. The molecule has 4 aliphatic heterocycles. The number of carbonyl (C=O) groups is 3. The fourth-order valence-corrected chi connectivity index (χ4v) is 8.25. The molecule has 0 amide bonds. The second-order valence-electron chi connectivity index (χ2n) is 14.2. The third-order valence-corrected chi connectivity index (χ3v) is 10.8. The minimum absolute atomic E-state index is 0.125. The van der Waals surface area contributed by atoms with Crippen LogP contribution in [-0.2, 0) is 38.1 Å². The van der Waals surface area contributed by atoms with Crippen molar-refractivity contribution in [2.45, 2.75) is 122 Å². The zero-order valence-electron chi connectivity index (χ0n) is 25.4. The van der Waals surface area contributed by atoms with E-state index in [1.807, 2.05) is 6.92 Å². The number of cyclic esters (lactones) is 1. The van der Waals surface area contributed by atoms with E-state index in [1.54, 1.807) is 19.9 Å². The highest BCUT2D eigenvalue weighted by Gasteiger charge is 2.75. The quantitative estimate of drug-likeness (QED) is 0.211. The first-order chi connectivity index (χ1) is 19.0. The Bertz CT molecular complexity index is 1140. The summed E-state index contributed by atoms with van der Waals surface area (Å²) in [7, 11) is 0. The van der Waals surface area contributed by atoms with Gasteiger partial charge in [-0.15, -0.1) is 0 Å². The molecule has 0 aromatic rings. The summed E-state index contributed by atoms with van der Waals surface area (Å²) >= 11 is 0. The Morgan fingerprint density at radius 2 is 1.88 bits per heavy atom. The summed E-state index contributed by atoms with van der Waals surface area (Å²) < 4.78 is 29.4. The molecule has 5 rings (SSSR count). The lowest BCUT2D eigenvalue weighted by Crippen LogP contribution is -2.65. The van der Waals surface area contributed by atoms with Crippen LogP contribution in [0.4, 0.5) is 0 Å². The molecule has 4 saturated heterocycles. The summed E-state index contributed by atoms with van der Waals surface area (Å²) in [6.07, 6.45) is 6.92. The largest absolute Gasteiger partial charge is 0.462 e. The lowest BCUT2D eigenvalue weighted by atomic mass is 9.57. The minimum atomic E-state index is -1.68. The first-order valence-corrected chi connectivity index (χ1v) is 15.1. The molecule has 0 aromatic carbocycles. The summed E-state index contributed by atoms with van der Waals surface area (Å²) in [5, 5.41) is 11.0. The van der Waals surface area contributed by atoms with Crippen molar-refractivity contribution < 1.29 is 43.2 Å². The summed E-state index contributed by atoms with van der Waals surface area (Å²) in [5.74, 6) is -2.09. The van der Waals surface area contributed by atoms with Gasteiger partial charge in [-0.25, -0.2) is 9.59 Å². The van der Waals surface area contributed by atoms with Crippen LogP contribution >= 0.6 is 0 Å². The van der Waals surface area contributed by atoms with Gasteiger partial charge in [0.05, 0.1) is 13.2 Å². The SMILES string of the molecule is C=C1CC[C@@H](CC[C@H]2CC[C@]3(OC2)OC(=O)[C@@]2(O)C[C@]3(C)OC2(C)C)C(C)(C)[C@H]1[C@H](C=C1CCOC1=O)OC(C)=O. The number of fused-ring (bicyclic) bond motifs is 3. The van der Waals surface area contributed by atoms with Crippen LogP contribution in [0.15, 0.2) is 23.8 Å². The van der Waals surface area contributed by atoms with Gasteiger partial charge in [0.15, 0.2) is 5.60 Å². The number of aliphatic hydroxyl groups is 1. The van der Waals surface area contributed by atoms with Crippen molar-refractivity contribution in [3.05, 3.63) is 23.8 Å². The van der Waals surface area contributed by atoms with Crippen LogP contribution in [0.1, 0.15) is 92.9 Å². The molecule has 1 saturated carbocycles. The second-order valence-corrected chi connectivity index (χ2v) is 14.2. The molecule has 0 aromatic heterocycles. The molecule has 9 heteroatoms. The van der Waals surface area contributed by atoms with Crippen LogP contribution in [0.2, 0.25) is 0 Å². The number of carbonyl (C=O) groups excluding carboxylic acids is 3. The Balaban J connectivity index is 1.25. The van der Waals surface area contributed by atoms with Gasteiger partial charge >= 0.3 is 17.9 Å². The number of rotatable bonds is 6. The topological polar surface area (TPSA) is 118 Å². The van der Waals surface area contributed by atoms with Gasteiger partial charge in [0.25, 0.3) is 0 Å². The van der Waals surface area contributed by atoms with Crippen LogP contribution in [0.3, 0.4) is 0 Å². The monoisotopic (exact) mass is 574 g/mol. The third kappa shape index (κ3) is 4.95. The van der Waals surface area contributed by atoms with Crippen LogP contribution in [-0.4, -0.2) is 64.9 Å². The zero-order valence-corrected chi connectivity index (χ0v) is 25.4. The highest BCUT2D eigenvalue weighted by molar-refractivity contribution is 5.90. The Labute approximate surface area is 242 Å². The molecule has 228 valence electrons. The van der Waals surface area contributed by atoms with E-state index in [-0.39, 0.29) is 35.6 Å². The van der Waals surface area contributed by atoms with E-state index in [2.05, 4.69) is 20.4 Å². The predicted octanol–water partition coefficient (Wildman–Crippen LogP) is 4.55. The van der Waals surface area contributed by atoms with Crippen LogP contribution in [0, 0.1) is 23.2 Å². The number of hydrogen-bond donors (Lipinski definition) is 1. The molecule has 41 heavy (non-hydrogen) atoms. The van der Waals surface area contributed by atoms with E-state index in [9.17, 15) is 19.5 Å². The molecule has 1 spiro atoms. The molecule has 9 nitrogen and oxygen atoms in total. The van der Waals surface area contributed by atoms with Crippen LogP contribution < -0.4 is 0 Å². The molecule has 7 atom stereocenters. The van der Waals surface area contributed by atoms with E-state index in [1.165, 1.54) is 6.92 Å². The Kier molecular flexibility index (Phi) is 7.52. The zero-order chi connectivity index (χ0) is 30.0. The van der Waals surface area contributed by atoms with E-state index in [0.717, 1.165) is 37.7 Å². The van der Waals surface area contributed by atoms with Crippen molar-refractivity contribution in [3.8, 4) is 0 Å². The van der Waals surface area contributed by atoms with Crippen molar-refractivity contribution in [2.24, 2.45) is 23.2 Å². The van der Waals surface area contributed by atoms with Gasteiger partial charge in [-0.2, -0.15) is 0 Å². The Morgan fingerprint density at radius 1 is 1.15 bits per heavy atom. The standard InChI is InChI=1S/C32H46O9/c1-19-8-10-23(28(3,4)25(19)24(39-20(2)33)16-22-13-15-37-26(22)34)11-9-21-12-14-32(38-17-21)30(7)18-31(36,27(35)40-32)29(5,6)41-30/h16,21,23-25,36H,1,8-15,17-18H2,2-7H3/t21-,23-,24-,25+,30-,31-,32-/m0/s1. The molecule has 0 unspecified atom stereocenters. The average Bonchev–Trinajstić information content (AvgIpc) is 3.34. The fourth-order valence-electron chi connectivity index (χ4n) is 8.25. The minimum Gasteiger partial charge on any atom is -0.462 e. The molecule has 0 radical (unpaired) electrons. The van der Waals surface area contributed by atoms with Crippen molar-refractivity contribution in [1.29, 1.82) is 0 Å². The molecule has 1 N–H and O–H groups in total. The maximum Gasteiger partial charge on any atom is 0.343 e. The van der Waals surface area contributed by atoms with Gasteiger partial charge in [0, 0.05) is 37.7 Å². The van der Waals surface area contributed by atoms with E-state index in [0.29, 0.717) is 37.5 Å². The fraction of sp³-hybridized carbons (Fsp3) is 0.781. The molecular formula is C32H46O9. The van der Waals surface area contributed by atoms with E-state index < -0.39 is 34.7 Å². The number of ether oxygens (including phenoxy) is 5. The molecule has 1 aliphatic carbocycles. The summed E-state index contributed by atoms with van der Waals surface area (Å²) in [6.45, 7) is 16.3. The highest BCUT2D eigenvalue weighted by Crippen LogP contribution is 2.58. The van der Waals surface area contributed by atoms with E-state index >= 15 is 0 Å². The molecule has 2 bridgehead atoms. The van der Waals surface area contributed by atoms with Gasteiger partial charge in [-0.1, -0.05) is 26.0 Å². The van der Waals surface area contributed by atoms with Gasteiger partial charge in [-0.3, -0.25) is 4.79 Å². The summed E-state index contributed by atoms with van der Waals surface area (Å²) in [5.41, 5.74) is -2.30. The summed E-state index contributed by atoms with van der Waals surface area (Å²) in [6, 6.07) is 0. The highest BCUT2D eigenvalue weighted by atomic mass is 16.8. The first kappa shape index (κ1) is 30.2. The second kappa shape index (κ2) is 10.2. The van der Waals surface area contributed by atoms with Crippen molar-refractivity contribution in [2.75, 3.05) is 13.2 Å². The number of esters is 3. The van der Waals surface area contributed by atoms with Crippen LogP contribution in [0.5, 0.6) is 0 Å². The Hall–Kier alpha value is -2.23. The van der Waals surface area contributed by atoms with Gasteiger partial charge in [-0.05, 0) is 76.2 Å². The average molecular weight is 575 g/mol. The number of hydrogen-bond acceptors (Lipinski definition) is 9. The van der Waals surface area contributed by atoms with E-state index in [4.69, 9.17) is 23.7 Å². The van der Waals surface area contributed by atoms with Gasteiger partial charge in [0.2, 0.25) is 5.79 Å². The molecular weight excluding hydrogens is 528 g/mol. The maximum atomic E-state index is 12.9. The van der Waals surface area contributed by atoms with Crippen LogP contribution in [0.25, 0.3) is 0 Å². The first-order valence-electron chi connectivity index (χ1n) is 15.1. The lowest BCUT2D eigenvalue weighted by Gasteiger charge is -2.51. The predicted molar refractivity (Wildman–Crippen MR) is 148 cm³/mol. The lowest BCUT2D eigenvalue weighted by molar-refractivity contribution is -0.334. The van der Waals surface area contributed by atoms with Crippen molar-refractivity contribution in [3.63, 3.8) is 0 Å². The molecule has 5 fully saturated rings. The maximum absolute atomic E-state index is 12.9. The van der Waals surface area contributed by atoms with Gasteiger partial charge in [0.1, 0.15) is 17.3 Å². The molecule has 4 heterocycles.